The Morgan fingerprint density at radius 2 is 1.87 bits per heavy atom. The first-order chi connectivity index (χ1) is 14.3. The van der Waals surface area contributed by atoms with Crippen molar-refractivity contribution in [1.82, 2.24) is 15.0 Å². The van der Waals surface area contributed by atoms with Crippen molar-refractivity contribution in [3.8, 4) is 11.3 Å². The number of anilines is 1. The molecule has 154 valence electrons. The number of nitrogens with one attached hydrogen (secondary N) is 1. The fourth-order valence-electron chi connectivity index (χ4n) is 3.66. The topological polar surface area (TPSA) is 67.8 Å². The number of nitrogens with zero attached hydrogens (tertiary/aromatic N) is 3. The standard InChI is InChI=1S/C24H25FN4O/c1-13-9-23(27-12-21(13)25)18-7-8-22(29-24(30)17-5-6-17)19(10-18)14(2)20-11-26-16(4)28-15(20)3/h7-12,14,17H,5-6H2,1-4H3,(H,29,30). The van der Waals surface area contributed by atoms with Gasteiger partial charge in [-0.25, -0.2) is 14.4 Å². The number of pyridine rings is 1. The number of carbonyl (C=O) groups is 1. The van der Waals surface area contributed by atoms with Gasteiger partial charge >= 0.3 is 0 Å². The van der Waals surface area contributed by atoms with E-state index in [1.54, 1.807) is 13.0 Å². The molecule has 4 rings (SSSR count). The maximum absolute atomic E-state index is 13.7. The van der Waals surface area contributed by atoms with E-state index < -0.39 is 0 Å². The molecule has 0 aliphatic heterocycles. The monoisotopic (exact) mass is 404 g/mol. The zero-order valence-electron chi connectivity index (χ0n) is 17.7. The van der Waals surface area contributed by atoms with Crippen LogP contribution in [-0.2, 0) is 4.79 Å². The number of aromatic nitrogens is 3. The molecule has 0 spiro atoms. The van der Waals surface area contributed by atoms with Gasteiger partial charge in [-0.3, -0.25) is 9.78 Å². The molecule has 30 heavy (non-hydrogen) atoms. The number of aryl methyl sites for hydroxylation is 3. The highest BCUT2D eigenvalue weighted by Crippen LogP contribution is 2.36. The molecule has 0 radical (unpaired) electrons. The molecule has 5 nitrogen and oxygen atoms in total. The summed E-state index contributed by atoms with van der Waals surface area (Å²) in [5.74, 6) is 0.530. The second-order valence-corrected chi connectivity index (χ2v) is 8.06. The number of benzene rings is 1. The highest BCUT2D eigenvalue weighted by atomic mass is 19.1. The van der Waals surface area contributed by atoms with E-state index in [2.05, 4.69) is 27.2 Å². The van der Waals surface area contributed by atoms with Crippen LogP contribution in [0.4, 0.5) is 10.1 Å². The third-order valence-corrected chi connectivity index (χ3v) is 5.67. The van der Waals surface area contributed by atoms with Crippen molar-refractivity contribution >= 4 is 11.6 Å². The molecular formula is C24H25FN4O. The Balaban J connectivity index is 1.78. The molecule has 1 aliphatic carbocycles. The van der Waals surface area contributed by atoms with Gasteiger partial charge in [0.15, 0.2) is 0 Å². The summed E-state index contributed by atoms with van der Waals surface area (Å²) < 4.78 is 13.7. The predicted molar refractivity (Wildman–Crippen MR) is 115 cm³/mol. The Bertz CT molecular complexity index is 1120. The van der Waals surface area contributed by atoms with Gasteiger partial charge in [-0.15, -0.1) is 0 Å². The first kappa shape index (κ1) is 20.1. The lowest BCUT2D eigenvalue weighted by atomic mass is 9.89. The number of amides is 1. The third-order valence-electron chi connectivity index (χ3n) is 5.67. The van der Waals surface area contributed by atoms with Crippen molar-refractivity contribution in [3.63, 3.8) is 0 Å². The SMILES string of the molecule is Cc1ncc(C(C)c2cc(-c3cc(C)c(F)cn3)ccc2NC(=O)C2CC2)c(C)n1. The zero-order valence-corrected chi connectivity index (χ0v) is 17.7. The van der Waals surface area contributed by atoms with Crippen molar-refractivity contribution in [3.05, 3.63) is 70.7 Å². The largest absolute Gasteiger partial charge is 0.326 e. The van der Waals surface area contributed by atoms with Crippen molar-refractivity contribution in [2.75, 3.05) is 5.32 Å². The van der Waals surface area contributed by atoms with Crippen LogP contribution in [0.5, 0.6) is 0 Å². The van der Waals surface area contributed by atoms with Gasteiger partial charge in [0.2, 0.25) is 5.91 Å². The first-order valence-electron chi connectivity index (χ1n) is 10.2. The van der Waals surface area contributed by atoms with Gasteiger partial charge < -0.3 is 5.32 Å². The minimum absolute atomic E-state index is 0.0402. The zero-order chi connectivity index (χ0) is 21.4. The molecule has 1 saturated carbocycles. The molecule has 0 bridgehead atoms. The van der Waals surface area contributed by atoms with E-state index >= 15 is 0 Å². The maximum atomic E-state index is 13.7. The summed E-state index contributed by atoms with van der Waals surface area (Å²) in [7, 11) is 0. The number of rotatable bonds is 5. The average molecular weight is 404 g/mol. The van der Waals surface area contributed by atoms with Crippen LogP contribution < -0.4 is 5.32 Å². The van der Waals surface area contributed by atoms with Crippen LogP contribution in [0.25, 0.3) is 11.3 Å². The van der Waals surface area contributed by atoms with Crippen molar-refractivity contribution in [1.29, 1.82) is 0 Å². The van der Waals surface area contributed by atoms with E-state index in [-0.39, 0.29) is 23.6 Å². The summed E-state index contributed by atoms with van der Waals surface area (Å²) in [5.41, 5.74) is 5.76. The van der Waals surface area contributed by atoms with E-state index in [4.69, 9.17) is 0 Å². The highest BCUT2D eigenvalue weighted by molar-refractivity contribution is 5.95. The second-order valence-electron chi connectivity index (χ2n) is 8.06. The summed E-state index contributed by atoms with van der Waals surface area (Å²) >= 11 is 0. The number of hydrogen-bond acceptors (Lipinski definition) is 4. The molecule has 1 fully saturated rings. The van der Waals surface area contributed by atoms with Gasteiger partial charge in [-0.2, -0.15) is 0 Å². The van der Waals surface area contributed by atoms with Crippen LogP contribution in [0.2, 0.25) is 0 Å². The van der Waals surface area contributed by atoms with Gasteiger partial charge in [0.1, 0.15) is 11.6 Å². The molecule has 2 heterocycles. The molecule has 2 aromatic heterocycles. The van der Waals surface area contributed by atoms with Crippen molar-refractivity contribution in [2.24, 2.45) is 5.92 Å². The van der Waals surface area contributed by atoms with Gasteiger partial charge in [0.05, 0.1) is 11.9 Å². The van der Waals surface area contributed by atoms with E-state index in [9.17, 15) is 9.18 Å². The lowest BCUT2D eigenvalue weighted by Crippen LogP contribution is -2.16. The summed E-state index contributed by atoms with van der Waals surface area (Å²) in [5, 5.41) is 3.09. The van der Waals surface area contributed by atoms with Crippen LogP contribution in [0.15, 0.2) is 36.7 Å². The number of halogens is 1. The molecule has 1 aromatic carbocycles. The van der Waals surface area contributed by atoms with Crippen LogP contribution in [0.1, 0.15) is 53.9 Å². The Morgan fingerprint density at radius 3 is 2.53 bits per heavy atom. The summed E-state index contributed by atoms with van der Waals surface area (Å²) in [4.78, 5) is 25.6. The molecule has 6 heteroatoms. The average Bonchev–Trinajstić information content (AvgIpc) is 3.55. The third kappa shape index (κ3) is 4.08. The Hall–Kier alpha value is -3.15. The smallest absolute Gasteiger partial charge is 0.227 e. The summed E-state index contributed by atoms with van der Waals surface area (Å²) in [6.45, 7) is 7.64. The molecule has 0 saturated heterocycles. The minimum atomic E-state index is -0.326. The molecule has 1 aliphatic rings. The quantitative estimate of drug-likeness (QED) is 0.642. The van der Waals surface area contributed by atoms with Crippen molar-refractivity contribution in [2.45, 2.75) is 46.5 Å². The normalized spacial score (nSPS) is 14.4. The minimum Gasteiger partial charge on any atom is -0.326 e. The fourth-order valence-corrected chi connectivity index (χ4v) is 3.66. The van der Waals surface area contributed by atoms with E-state index in [1.807, 2.05) is 38.2 Å². The number of hydrogen-bond donors (Lipinski definition) is 1. The highest BCUT2D eigenvalue weighted by Gasteiger charge is 2.30. The fraction of sp³-hybridized carbons (Fsp3) is 0.333. The summed E-state index contributed by atoms with van der Waals surface area (Å²) in [6, 6.07) is 7.58. The van der Waals surface area contributed by atoms with Crippen LogP contribution in [0.3, 0.4) is 0 Å². The Morgan fingerprint density at radius 1 is 1.10 bits per heavy atom. The van der Waals surface area contributed by atoms with Gasteiger partial charge in [-0.05, 0) is 68.5 Å². The molecule has 1 unspecified atom stereocenters. The first-order valence-corrected chi connectivity index (χ1v) is 10.2. The van der Waals surface area contributed by atoms with E-state index in [0.29, 0.717) is 11.3 Å². The molecule has 3 aromatic rings. The molecular weight excluding hydrogens is 379 g/mol. The number of carbonyl (C=O) groups excluding carboxylic acids is 1. The maximum Gasteiger partial charge on any atom is 0.227 e. The van der Waals surface area contributed by atoms with Crippen LogP contribution >= 0.6 is 0 Å². The second kappa shape index (κ2) is 7.94. The summed E-state index contributed by atoms with van der Waals surface area (Å²) in [6.07, 6.45) is 4.98. The van der Waals surface area contributed by atoms with Gasteiger partial charge in [0.25, 0.3) is 0 Å². The van der Waals surface area contributed by atoms with E-state index in [1.165, 1.54) is 6.20 Å². The predicted octanol–water partition coefficient (Wildman–Crippen LogP) is 5.10. The van der Waals surface area contributed by atoms with Gasteiger partial charge in [-0.1, -0.05) is 13.0 Å². The molecule has 1 N–H and O–H groups in total. The van der Waals surface area contributed by atoms with Crippen molar-refractivity contribution < 1.29 is 9.18 Å². The van der Waals surface area contributed by atoms with Crippen LogP contribution in [0, 0.1) is 32.5 Å². The van der Waals surface area contributed by atoms with Gasteiger partial charge in [0, 0.05) is 35.0 Å². The lowest BCUT2D eigenvalue weighted by Gasteiger charge is -2.20. The van der Waals surface area contributed by atoms with Crippen LogP contribution in [-0.4, -0.2) is 20.9 Å². The van der Waals surface area contributed by atoms with E-state index in [0.717, 1.165) is 46.7 Å². The molecule has 1 atom stereocenters. The Kier molecular flexibility index (Phi) is 5.33. The lowest BCUT2D eigenvalue weighted by molar-refractivity contribution is -0.117. The Labute approximate surface area is 175 Å². The molecule has 1 amide bonds.